The molecule has 3 heteroatoms. The van der Waals surface area contributed by atoms with Crippen molar-refractivity contribution in [1.29, 1.82) is 0 Å². The lowest BCUT2D eigenvalue weighted by atomic mass is 10.1. The highest BCUT2D eigenvalue weighted by Crippen LogP contribution is 2.31. The van der Waals surface area contributed by atoms with Gasteiger partial charge in [0.1, 0.15) is 5.82 Å². The van der Waals surface area contributed by atoms with E-state index < -0.39 is 0 Å². The van der Waals surface area contributed by atoms with Crippen molar-refractivity contribution in [2.75, 3.05) is 0 Å². The molecule has 13 heavy (non-hydrogen) atoms. The first-order chi connectivity index (χ1) is 6.20. The fourth-order valence-corrected chi connectivity index (χ4v) is 2.48. The van der Waals surface area contributed by atoms with Gasteiger partial charge in [0, 0.05) is 16.1 Å². The van der Waals surface area contributed by atoms with E-state index in [1.165, 1.54) is 17.4 Å². The molecule has 1 nitrogen and oxygen atoms in total. The number of fused-ring (bicyclic) bond motifs is 1. The van der Waals surface area contributed by atoms with E-state index >= 15 is 0 Å². The molecule has 0 spiro atoms. The number of halogens is 1. The van der Waals surface area contributed by atoms with Gasteiger partial charge in [0.05, 0.1) is 0 Å². The van der Waals surface area contributed by atoms with Crippen molar-refractivity contribution in [3.8, 4) is 0 Å². The van der Waals surface area contributed by atoms with Crippen LogP contribution in [-0.2, 0) is 0 Å². The van der Waals surface area contributed by atoms with Crippen molar-refractivity contribution in [2.24, 2.45) is 5.73 Å². The van der Waals surface area contributed by atoms with E-state index in [-0.39, 0.29) is 11.9 Å². The van der Waals surface area contributed by atoms with Gasteiger partial charge in [-0.3, -0.25) is 0 Å². The third-order valence-corrected chi connectivity index (χ3v) is 3.03. The van der Waals surface area contributed by atoms with Gasteiger partial charge < -0.3 is 5.73 Å². The Morgan fingerprint density at radius 1 is 1.46 bits per heavy atom. The van der Waals surface area contributed by atoms with Crippen molar-refractivity contribution >= 4 is 21.4 Å². The Morgan fingerprint density at radius 2 is 2.23 bits per heavy atom. The van der Waals surface area contributed by atoms with Gasteiger partial charge in [-0.1, -0.05) is 6.07 Å². The molecule has 1 aromatic carbocycles. The maximum absolute atomic E-state index is 13.4. The van der Waals surface area contributed by atoms with Crippen LogP contribution < -0.4 is 5.73 Å². The molecule has 1 aromatic heterocycles. The van der Waals surface area contributed by atoms with Crippen LogP contribution in [0.3, 0.4) is 0 Å². The second-order valence-electron chi connectivity index (χ2n) is 3.09. The second kappa shape index (κ2) is 3.09. The van der Waals surface area contributed by atoms with Crippen molar-refractivity contribution in [1.82, 2.24) is 0 Å². The summed E-state index contributed by atoms with van der Waals surface area (Å²) in [6.07, 6.45) is 0. The Balaban J connectivity index is 2.79. The van der Waals surface area contributed by atoms with Crippen molar-refractivity contribution in [3.05, 3.63) is 35.0 Å². The summed E-state index contributed by atoms with van der Waals surface area (Å²) in [6.45, 7) is 1.87. The van der Waals surface area contributed by atoms with E-state index in [1.54, 1.807) is 6.07 Å². The standard InChI is InChI=1S/C10H10FNS/c1-6(12)7-5-13-9-4-2-3-8(11)10(7)9/h2-6H,12H2,1H3. The third kappa shape index (κ3) is 1.34. The minimum absolute atomic E-state index is 0.106. The molecule has 0 saturated heterocycles. The fourth-order valence-electron chi connectivity index (χ4n) is 1.40. The van der Waals surface area contributed by atoms with Crippen molar-refractivity contribution in [2.45, 2.75) is 13.0 Å². The van der Waals surface area contributed by atoms with Crippen LogP contribution in [-0.4, -0.2) is 0 Å². The number of thiophene rings is 1. The molecule has 0 fully saturated rings. The predicted molar refractivity (Wildman–Crippen MR) is 54.4 cm³/mol. The van der Waals surface area contributed by atoms with Crippen molar-refractivity contribution in [3.63, 3.8) is 0 Å². The largest absolute Gasteiger partial charge is 0.324 e. The quantitative estimate of drug-likeness (QED) is 0.743. The zero-order valence-electron chi connectivity index (χ0n) is 7.25. The van der Waals surface area contributed by atoms with E-state index in [9.17, 15) is 4.39 Å². The van der Waals surface area contributed by atoms with Crippen LogP contribution in [0.4, 0.5) is 4.39 Å². The first-order valence-corrected chi connectivity index (χ1v) is 4.99. The van der Waals surface area contributed by atoms with Crippen LogP contribution in [0.1, 0.15) is 18.5 Å². The molecule has 0 aliphatic carbocycles. The number of benzene rings is 1. The Kier molecular flexibility index (Phi) is 2.06. The van der Waals surface area contributed by atoms with Gasteiger partial charge in [-0.2, -0.15) is 0 Å². The lowest BCUT2D eigenvalue weighted by Crippen LogP contribution is -2.04. The minimum Gasteiger partial charge on any atom is -0.324 e. The molecule has 2 rings (SSSR count). The molecular formula is C10H10FNS. The van der Waals surface area contributed by atoms with Gasteiger partial charge in [-0.25, -0.2) is 4.39 Å². The maximum Gasteiger partial charge on any atom is 0.132 e. The molecule has 2 N–H and O–H groups in total. The first-order valence-electron chi connectivity index (χ1n) is 4.11. The van der Waals surface area contributed by atoms with Gasteiger partial charge >= 0.3 is 0 Å². The van der Waals surface area contributed by atoms with Crippen LogP contribution in [0.25, 0.3) is 10.1 Å². The van der Waals surface area contributed by atoms with Crippen LogP contribution in [0.5, 0.6) is 0 Å². The average molecular weight is 195 g/mol. The molecule has 68 valence electrons. The molecule has 0 aliphatic rings. The highest BCUT2D eigenvalue weighted by atomic mass is 32.1. The molecule has 1 heterocycles. The Bertz CT molecular complexity index is 433. The fraction of sp³-hybridized carbons (Fsp3) is 0.200. The third-order valence-electron chi connectivity index (χ3n) is 2.07. The lowest BCUT2D eigenvalue weighted by Gasteiger charge is -2.03. The normalized spacial score (nSPS) is 13.5. The molecule has 0 radical (unpaired) electrons. The summed E-state index contributed by atoms with van der Waals surface area (Å²) in [5.74, 6) is -0.175. The summed E-state index contributed by atoms with van der Waals surface area (Å²) in [6, 6.07) is 5.00. The van der Waals surface area contributed by atoms with Gasteiger partial charge in [-0.05, 0) is 30.0 Å². The highest BCUT2D eigenvalue weighted by molar-refractivity contribution is 7.17. The zero-order chi connectivity index (χ0) is 9.42. The van der Waals surface area contributed by atoms with E-state index in [0.717, 1.165) is 10.3 Å². The van der Waals surface area contributed by atoms with E-state index in [2.05, 4.69) is 0 Å². The maximum atomic E-state index is 13.4. The summed E-state index contributed by atoms with van der Waals surface area (Å²) in [5.41, 5.74) is 6.63. The van der Waals surface area contributed by atoms with Gasteiger partial charge in [0.25, 0.3) is 0 Å². The molecular weight excluding hydrogens is 185 g/mol. The first kappa shape index (κ1) is 8.66. The van der Waals surface area contributed by atoms with E-state index in [0.29, 0.717) is 5.39 Å². The summed E-state index contributed by atoms with van der Waals surface area (Å²) in [4.78, 5) is 0. The molecule has 0 amide bonds. The monoisotopic (exact) mass is 195 g/mol. The SMILES string of the molecule is CC(N)c1csc2cccc(F)c12. The zero-order valence-corrected chi connectivity index (χ0v) is 8.07. The molecule has 1 atom stereocenters. The number of hydrogen-bond acceptors (Lipinski definition) is 2. The molecule has 0 saturated carbocycles. The van der Waals surface area contributed by atoms with Crippen molar-refractivity contribution < 1.29 is 4.39 Å². The second-order valence-corrected chi connectivity index (χ2v) is 4.00. The molecule has 0 aliphatic heterocycles. The topological polar surface area (TPSA) is 26.0 Å². The summed E-state index contributed by atoms with van der Waals surface area (Å²) < 4.78 is 14.4. The smallest absolute Gasteiger partial charge is 0.132 e. The van der Waals surface area contributed by atoms with Gasteiger partial charge in [0.2, 0.25) is 0 Å². The summed E-state index contributed by atoms with van der Waals surface area (Å²) in [5, 5.41) is 2.61. The molecule has 0 bridgehead atoms. The van der Waals surface area contributed by atoms with Crippen LogP contribution in [0, 0.1) is 5.82 Å². The Hall–Kier alpha value is -0.930. The predicted octanol–water partition coefficient (Wildman–Crippen LogP) is 3.06. The van der Waals surface area contributed by atoms with Crippen LogP contribution >= 0.6 is 11.3 Å². The number of rotatable bonds is 1. The van der Waals surface area contributed by atoms with Gasteiger partial charge in [-0.15, -0.1) is 11.3 Å². The lowest BCUT2D eigenvalue weighted by molar-refractivity contribution is 0.637. The highest BCUT2D eigenvalue weighted by Gasteiger charge is 2.10. The molecule has 1 unspecified atom stereocenters. The number of hydrogen-bond donors (Lipinski definition) is 1. The minimum atomic E-state index is -0.175. The van der Waals surface area contributed by atoms with E-state index in [4.69, 9.17) is 5.73 Å². The Morgan fingerprint density at radius 3 is 2.92 bits per heavy atom. The average Bonchev–Trinajstić information content (AvgIpc) is 2.49. The van der Waals surface area contributed by atoms with Gasteiger partial charge in [0.15, 0.2) is 0 Å². The molecule has 2 aromatic rings. The Labute approximate surface area is 80.0 Å². The number of nitrogens with two attached hydrogens (primary N) is 1. The summed E-state index contributed by atoms with van der Waals surface area (Å²) >= 11 is 1.54. The summed E-state index contributed by atoms with van der Waals surface area (Å²) in [7, 11) is 0. The van der Waals surface area contributed by atoms with E-state index in [1.807, 2.05) is 18.4 Å². The van der Waals surface area contributed by atoms with Crippen LogP contribution in [0.2, 0.25) is 0 Å². The van der Waals surface area contributed by atoms with Crippen LogP contribution in [0.15, 0.2) is 23.6 Å².